The van der Waals surface area contributed by atoms with Crippen molar-refractivity contribution in [3.8, 4) is 0 Å². The van der Waals surface area contributed by atoms with E-state index < -0.39 is 0 Å². The van der Waals surface area contributed by atoms with Gasteiger partial charge in [0.15, 0.2) is 0 Å². The molecule has 1 amide bonds. The Morgan fingerprint density at radius 3 is 3.00 bits per heavy atom. The third-order valence-corrected chi connectivity index (χ3v) is 3.08. The van der Waals surface area contributed by atoms with Gasteiger partial charge in [-0.1, -0.05) is 18.2 Å². The number of benzene rings is 1. The van der Waals surface area contributed by atoms with Gasteiger partial charge in [-0.15, -0.1) is 0 Å². The zero-order valence-corrected chi connectivity index (χ0v) is 9.86. The fourth-order valence-corrected chi connectivity index (χ4v) is 2.34. The maximum absolute atomic E-state index is 10.9. The van der Waals surface area contributed by atoms with Crippen molar-refractivity contribution in [3.63, 3.8) is 0 Å². The molecule has 0 aliphatic carbocycles. The zero-order valence-electron chi connectivity index (χ0n) is 9.86. The van der Waals surface area contributed by atoms with Crippen LogP contribution in [0.5, 0.6) is 0 Å². The second-order valence-corrected chi connectivity index (χ2v) is 4.52. The lowest BCUT2D eigenvalue weighted by atomic mass is 9.93. The number of carbonyl (C=O) groups is 1. The molecule has 1 atom stereocenters. The molecule has 0 saturated carbocycles. The van der Waals surface area contributed by atoms with Gasteiger partial charge in [-0.3, -0.25) is 4.79 Å². The van der Waals surface area contributed by atoms with E-state index in [1.54, 1.807) is 6.92 Å². The van der Waals surface area contributed by atoms with E-state index in [0.717, 1.165) is 19.5 Å². The number of carbonyl (C=O) groups excluding carboxylic acids is 1. The molecular weight excluding hydrogens is 200 g/mol. The van der Waals surface area contributed by atoms with Crippen molar-refractivity contribution >= 4 is 11.6 Å². The summed E-state index contributed by atoms with van der Waals surface area (Å²) in [7, 11) is 2.11. The van der Waals surface area contributed by atoms with Gasteiger partial charge in [-0.05, 0) is 24.0 Å². The minimum atomic E-state index is 0.0570. The normalized spacial score (nSPS) is 19.1. The molecule has 2 rings (SSSR count). The highest BCUT2D eigenvalue weighted by Crippen LogP contribution is 2.27. The number of amides is 1. The molecule has 0 saturated heterocycles. The number of nitrogens with zero attached hydrogens (tertiary/aromatic N) is 1. The van der Waals surface area contributed by atoms with Crippen LogP contribution in [0.2, 0.25) is 0 Å². The Hall–Kier alpha value is -1.51. The van der Waals surface area contributed by atoms with Crippen LogP contribution in [-0.2, 0) is 11.2 Å². The topological polar surface area (TPSA) is 32.3 Å². The Labute approximate surface area is 96.5 Å². The number of hydrogen-bond acceptors (Lipinski definition) is 2. The van der Waals surface area contributed by atoms with E-state index in [1.165, 1.54) is 11.3 Å². The molecule has 1 heterocycles. The molecule has 0 bridgehead atoms. The van der Waals surface area contributed by atoms with Crippen molar-refractivity contribution in [3.05, 3.63) is 29.8 Å². The van der Waals surface area contributed by atoms with E-state index in [-0.39, 0.29) is 5.91 Å². The Balaban J connectivity index is 2.06. The van der Waals surface area contributed by atoms with Crippen LogP contribution in [0, 0.1) is 5.92 Å². The quantitative estimate of drug-likeness (QED) is 0.814. The fourth-order valence-electron chi connectivity index (χ4n) is 2.34. The minimum absolute atomic E-state index is 0.0570. The SMILES string of the molecule is CC(=O)NCC1Cc2ccccc2N(C)C1. The molecule has 0 aromatic heterocycles. The van der Waals surface area contributed by atoms with Gasteiger partial charge in [0, 0.05) is 32.7 Å². The summed E-state index contributed by atoms with van der Waals surface area (Å²) >= 11 is 0. The predicted molar refractivity (Wildman–Crippen MR) is 65.6 cm³/mol. The van der Waals surface area contributed by atoms with E-state index in [0.29, 0.717) is 5.92 Å². The average molecular weight is 218 g/mol. The largest absolute Gasteiger partial charge is 0.374 e. The van der Waals surface area contributed by atoms with E-state index in [2.05, 4.69) is 41.5 Å². The molecule has 1 aliphatic heterocycles. The summed E-state index contributed by atoms with van der Waals surface area (Å²) < 4.78 is 0. The van der Waals surface area contributed by atoms with Crippen molar-refractivity contribution in [2.45, 2.75) is 13.3 Å². The number of anilines is 1. The van der Waals surface area contributed by atoms with Gasteiger partial charge in [-0.2, -0.15) is 0 Å². The first-order valence-corrected chi connectivity index (χ1v) is 5.70. The molecule has 1 aromatic rings. The Morgan fingerprint density at radius 1 is 1.50 bits per heavy atom. The predicted octanol–water partition coefficient (Wildman–Crippen LogP) is 1.43. The summed E-state index contributed by atoms with van der Waals surface area (Å²) in [5, 5.41) is 2.90. The average Bonchev–Trinajstić information content (AvgIpc) is 2.26. The monoisotopic (exact) mass is 218 g/mol. The third kappa shape index (κ3) is 2.35. The van der Waals surface area contributed by atoms with Crippen molar-refractivity contribution in [1.29, 1.82) is 0 Å². The summed E-state index contributed by atoms with van der Waals surface area (Å²) in [6, 6.07) is 8.48. The zero-order chi connectivity index (χ0) is 11.5. The molecule has 3 nitrogen and oxygen atoms in total. The molecule has 0 spiro atoms. The van der Waals surface area contributed by atoms with Gasteiger partial charge in [0.05, 0.1) is 0 Å². The van der Waals surface area contributed by atoms with E-state index in [1.807, 2.05) is 0 Å². The summed E-state index contributed by atoms with van der Waals surface area (Å²) in [6.07, 6.45) is 1.06. The van der Waals surface area contributed by atoms with Gasteiger partial charge < -0.3 is 10.2 Å². The molecular formula is C13H18N2O. The van der Waals surface area contributed by atoms with Crippen molar-refractivity contribution in [2.75, 3.05) is 25.0 Å². The van der Waals surface area contributed by atoms with E-state index in [9.17, 15) is 4.79 Å². The molecule has 1 N–H and O–H groups in total. The van der Waals surface area contributed by atoms with Crippen LogP contribution in [0.25, 0.3) is 0 Å². The van der Waals surface area contributed by atoms with E-state index >= 15 is 0 Å². The van der Waals surface area contributed by atoms with Crippen LogP contribution in [0.1, 0.15) is 12.5 Å². The second kappa shape index (κ2) is 4.56. The molecule has 0 fully saturated rings. The van der Waals surface area contributed by atoms with Gasteiger partial charge >= 0.3 is 0 Å². The van der Waals surface area contributed by atoms with Crippen LogP contribution in [0.3, 0.4) is 0 Å². The summed E-state index contributed by atoms with van der Waals surface area (Å²) in [6.45, 7) is 3.35. The lowest BCUT2D eigenvalue weighted by molar-refractivity contribution is -0.119. The van der Waals surface area contributed by atoms with Crippen LogP contribution < -0.4 is 10.2 Å². The lowest BCUT2D eigenvalue weighted by Gasteiger charge is -2.33. The first-order valence-electron chi connectivity index (χ1n) is 5.70. The maximum Gasteiger partial charge on any atom is 0.216 e. The number of rotatable bonds is 2. The summed E-state index contributed by atoms with van der Waals surface area (Å²) in [4.78, 5) is 13.2. The van der Waals surface area contributed by atoms with Gasteiger partial charge in [0.25, 0.3) is 0 Å². The first kappa shape index (κ1) is 11.0. The molecule has 1 aliphatic rings. The Kier molecular flexibility index (Phi) is 3.13. The van der Waals surface area contributed by atoms with Gasteiger partial charge in [-0.25, -0.2) is 0 Å². The third-order valence-electron chi connectivity index (χ3n) is 3.08. The van der Waals surface area contributed by atoms with Crippen LogP contribution in [0.4, 0.5) is 5.69 Å². The standard InChI is InChI=1S/C13H18N2O/c1-10(16)14-8-11-7-12-5-3-4-6-13(12)15(2)9-11/h3-6,11H,7-9H2,1-2H3,(H,14,16). The van der Waals surface area contributed by atoms with E-state index in [4.69, 9.17) is 0 Å². The molecule has 0 radical (unpaired) electrons. The fraction of sp³-hybridized carbons (Fsp3) is 0.462. The van der Waals surface area contributed by atoms with Crippen LogP contribution >= 0.6 is 0 Å². The summed E-state index contributed by atoms with van der Waals surface area (Å²) in [5.41, 5.74) is 2.70. The maximum atomic E-state index is 10.9. The van der Waals surface area contributed by atoms with Crippen molar-refractivity contribution in [1.82, 2.24) is 5.32 Å². The number of para-hydroxylation sites is 1. The lowest BCUT2D eigenvalue weighted by Crippen LogP contribution is -2.38. The Morgan fingerprint density at radius 2 is 2.25 bits per heavy atom. The summed E-state index contributed by atoms with van der Waals surface area (Å²) in [5.74, 6) is 0.574. The Bertz CT molecular complexity index is 389. The van der Waals surface area contributed by atoms with Crippen molar-refractivity contribution < 1.29 is 4.79 Å². The second-order valence-electron chi connectivity index (χ2n) is 4.52. The highest BCUT2D eigenvalue weighted by Gasteiger charge is 2.21. The molecule has 1 unspecified atom stereocenters. The highest BCUT2D eigenvalue weighted by atomic mass is 16.1. The van der Waals surface area contributed by atoms with Crippen molar-refractivity contribution in [2.24, 2.45) is 5.92 Å². The number of nitrogens with one attached hydrogen (secondary N) is 1. The number of hydrogen-bond donors (Lipinski definition) is 1. The van der Waals surface area contributed by atoms with Crippen LogP contribution in [0.15, 0.2) is 24.3 Å². The van der Waals surface area contributed by atoms with Gasteiger partial charge in [0.1, 0.15) is 0 Å². The highest BCUT2D eigenvalue weighted by molar-refractivity contribution is 5.72. The molecule has 86 valence electrons. The molecule has 1 aromatic carbocycles. The minimum Gasteiger partial charge on any atom is -0.374 e. The van der Waals surface area contributed by atoms with Gasteiger partial charge in [0.2, 0.25) is 5.91 Å². The first-order chi connectivity index (χ1) is 7.66. The smallest absolute Gasteiger partial charge is 0.216 e. The molecule has 3 heteroatoms. The van der Waals surface area contributed by atoms with Crippen LogP contribution in [-0.4, -0.2) is 26.0 Å². The number of fused-ring (bicyclic) bond motifs is 1. The molecule has 16 heavy (non-hydrogen) atoms.